The smallest absolute Gasteiger partial charge is 0.336 e. The summed E-state index contributed by atoms with van der Waals surface area (Å²) in [5.74, 6) is 0. The molecule has 0 aliphatic carbocycles. The van der Waals surface area contributed by atoms with Gasteiger partial charge >= 0.3 is 11.3 Å². The molecule has 0 amide bonds. The molecule has 0 bridgehead atoms. The Bertz CT molecular complexity index is 1800. The molecule has 1 N–H and O–H groups in total. The van der Waals surface area contributed by atoms with Crippen LogP contribution in [-0.4, -0.2) is 65.3 Å². The van der Waals surface area contributed by atoms with Gasteiger partial charge < -0.3 is 8.83 Å². The third-order valence-electron chi connectivity index (χ3n) is 6.18. The topological polar surface area (TPSA) is 147 Å². The van der Waals surface area contributed by atoms with Crippen LogP contribution in [0.5, 0.6) is 0 Å². The largest absolute Gasteiger partial charge is 0.423 e. The zero-order valence-electron chi connectivity index (χ0n) is 19.5. The van der Waals surface area contributed by atoms with Crippen molar-refractivity contribution in [3.05, 3.63) is 81.5 Å². The number of hydrogen-bond acceptors (Lipinski definition) is 9. The zero-order valence-corrected chi connectivity index (χ0v) is 21.1. The number of sulfonamides is 2. The van der Waals surface area contributed by atoms with Gasteiger partial charge in [0.15, 0.2) is 0 Å². The lowest BCUT2D eigenvalue weighted by atomic mass is 10.2. The Labute approximate surface area is 212 Å². The number of hydrogen-bond donors (Lipinski definition) is 1. The van der Waals surface area contributed by atoms with E-state index in [0.717, 1.165) is 0 Å². The van der Waals surface area contributed by atoms with Crippen molar-refractivity contribution in [2.45, 2.75) is 9.79 Å². The average molecular weight is 546 g/mol. The van der Waals surface area contributed by atoms with E-state index in [0.29, 0.717) is 41.6 Å². The first kappa shape index (κ1) is 25.3. The minimum Gasteiger partial charge on any atom is -0.423 e. The van der Waals surface area contributed by atoms with Crippen LogP contribution < -0.4 is 16.0 Å². The van der Waals surface area contributed by atoms with Crippen LogP contribution in [-0.2, 0) is 20.0 Å². The van der Waals surface area contributed by atoms with Crippen LogP contribution in [0.15, 0.2) is 88.9 Å². The number of nitrogens with zero attached hydrogens (tertiary/aromatic N) is 2. The minimum atomic E-state index is -3.78. The van der Waals surface area contributed by atoms with Gasteiger partial charge in [0.05, 0.1) is 9.79 Å². The summed E-state index contributed by atoms with van der Waals surface area (Å²) in [4.78, 5) is 24.8. The summed E-state index contributed by atoms with van der Waals surface area (Å²) in [5.41, 5.74) is -0.404. The summed E-state index contributed by atoms with van der Waals surface area (Å²) in [6.45, 7) is 1.95. The van der Waals surface area contributed by atoms with Crippen molar-refractivity contribution in [3.63, 3.8) is 0 Å². The predicted molar refractivity (Wildman–Crippen MR) is 135 cm³/mol. The van der Waals surface area contributed by atoms with Crippen LogP contribution in [0.2, 0.25) is 0 Å². The van der Waals surface area contributed by atoms with Gasteiger partial charge in [0.1, 0.15) is 11.2 Å². The van der Waals surface area contributed by atoms with Gasteiger partial charge in [-0.1, -0.05) is 0 Å². The highest BCUT2D eigenvalue weighted by atomic mass is 32.2. The van der Waals surface area contributed by atoms with Gasteiger partial charge in [-0.15, -0.1) is 0 Å². The van der Waals surface area contributed by atoms with E-state index >= 15 is 0 Å². The number of piperazine rings is 1. The monoisotopic (exact) mass is 545 g/mol. The third-order valence-corrected chi connectivity index (χ3v) is 9.53. The molecule has 2 aromatic carbocycles. The van der Waals surface area contributed by atoms with Crippen LogP contribution in [0.4, 0.5) is 0 Å². The SMILES string of the molecule is O=c1ccc2cc(S(=O)(=O)NCCN3CCN(S(=O)(=O)c4ccc5oc(=O)ccc5c4)CC3)ccc2o1. The Balaban J connectivity index is 1.17. The molecule has 1 aliphatic heterocycles. The molecular formula is C24H23N3O8S2. The van der Waals surface area contributed by atoms with Crippen LogP contribution in [0.25, 0.3) is 21.9 Å². The van der Waals surface area contributed by atoms with Gasteiger partial charge in [-0.2, -0.15) is 4.31 Å². The highest BCUT2D eigenvalue weighted by molar-refractivity contribution is 7.89. The maximum atomic E-state index is 13.1. The molecule has 11 nitrogen and oxygen atoms in total. The first-order valence-electron chi connectivity index (χ1n) is 11.4. The van der Waals surface area contributed by atoms with Crippen molar-refractivity contribution in [1.82, 2.24) is 13.9 Å². The first-order valence-corrected chi connectivity index (χ1v) is 14.3. The van der Waals surface area contributed by atoms with Gasteiger partial charge in [-0.05, 0) is 48.5 Å². The van der Waals surface area contributed by atoms with Gasteiger partial charge in [0.2, 0.25) is 20.0 Å². The lowest BCUT2D eigenvalue weighted by molar-refractivity contribution is 0.191. The second kappa shape index (κ2) is 9.84. The van der Waals surface area contributed by atoms with Gasteiger partial charge in [0, 0.05) is 62.2 Å². The van der Waals surface area contributed by atoms with Crippen molar-refractivity contribution in [2.24, 2.45) is 0 Å². The van der Waals surface area contributed by atoms with E-state index < -0.39 is 31.3 Å². The standard InChI is InChI=1S/C24H23N3O8S2/c28-23-7-1-17-15-19(3-5-21(17)34-23)36(30,31)25-9-10-26-11-13-27(14-12-26)37(32,33)20-4-6-22-18(16-20)2-8-24(29)35-22/h1-8,15-16,25H,9-14H2. The van der Waals surface area contributed by atoms with Crippen LogP contribution in [0.3, 0.4) is 0 Å². The van der Waals surface area contributed by atoms with E-state index in [2.05, 4.69) is 4.72 Å². The van der Waals surface area contributed by atoms with Crippen molar-refractivity contribution in [3.8, 4) is 0 Å². The quantitative estimate of drug-likeness (QED) is 0.338. The van der Waals surface area contributed by atoms with Gasteiger partial charge in [-0.25, -0.2) is 31.1 Å². The Morgan fingerprint density at radius 2 is 1.24 bits per heavy atom. The molecule has 3 heterocycles. The minimum absolute atomic E-state index is 0.0550. The van der Waals surface area contributed by atoms with E-state index in [1.54, 1.807) is 0 Å². The van der Waals surface area contributed by atoms with Crippen molar-refractivity contribution >= 4 is 42.0 Å². The molecule has 2 aromatic heterocycles. The number of fused-ring (bicyclic) bond motifs is 2. The summed E-state index contributed by atoms with van der Waals surface area (Å²) < 4.78 is 65.7. The Morgan fingerprint density at radius 1 is 0.703 bits per heavy atom. The van der Waals surface area contributed by atoms with E-state index in [-0.39, 0.29) is 29.4 Å². The van der Waals surface area contributed by atoms with E-state index in [1.807, 2.05) is 4.90 Å². The maximum Gasteiger partial charge on any atom is 0.336 e. The Hall–Kier alpha value is -3.36. The fraction of sp³-hybridized carbons (Fsp3) is 0.250. The molecule has 4 aromatic rings. The highest BCUT2D eigenvalue weighted by Gasteiger charge is 2.29. The molecule has 0 unspecified atom stereocenters. The molecule has 1 saturated heterocycles. The Kier molecular flexibility index (Phi) is 6.72. The summed E-state index contributed by atoms with van der Waals surface area (Å²) in [7, 11) is -7.52. The molecule has 0 saturated carbocycles. The lowest BCUT2D eigenvalue weighted by Crippen LogP contribution is -2.50. The molecule has 37 heavy (non-hydrogen) atoms. The summed E-state index contributed by atoms with van der Waals surface area (Å²) in [5, 5.41) is 1.01. The zero-order chi connectivity index (χ0) is 26.2. The third kappa shape index (κ3) is 5.36. The second-order valence-electron chi connectivity index (χ2n) is 8.55. The highest BCUT2D eigenvalue weighted by Crippen LogP contribution is 2.22. The molecule has 194 valence electrons. The summed E-state index contributed by atoms with van der Waals surface area (Å²) in [6, 6.07) is 14.1. The van der Waals surface area contributed by atoms with Crippen LogP contribution in [0, 0.1) is 0 Å². The predicted octanol–water partition coefficient (Wildman–Crippen LogP) is 1.18. The number of benzene rings is 2. The number of nitrogens with one attached hydrogen (secondary N) is 1. The molecule has 0 atom stereocenters. The van der Waals surface area contributed by atoms with E-state index in [9.17, 15) is 26.4 Å². The van der Waals surface area contributed by atoms with Crippen molar-refractivity contribution < 1.29 is 25.7 Å². The molecule has 1 fully saturated rings. The average Bonchev–Trinajstić information content (AvgIpc) is 2.88. The van der Waals surface area contributed by atoms with Gasteiger partial charge in [0.25, 0.3) is 0 Å². The fourth-order valence-electron chi connectivity index (χ4n) is 4.19. The normalized spacial score (nSPS) is 15.9. The molecule has 0 radical (unpaired) electrons. The van der Waals surface area contributed by atoms with E-state index in [1.165, 1.54) is 65.0 Å². The van der Waals surface area contributed by atoms with Crippen molar-refractivity contribution in [2.75, 3.05) is 39.3 Å². The first-order chi connectivity index (χ1) is 17.6. The van der Waals surface area contributed by atoms with Crippen LogP contribution in [0.1, 0.15) is 0 Å². The molecule has 13 heteroatoms. The Morgan fingerprint density at radius 3 is 1.84 bits per heavy atom. The molecular weight excluding hydrogens is 522 g/mol. The lowest BCUT2D eigenvalue weighted by Gasteiger charge is -2.34. The summed E-state index contributed by atoms with van der Waals surface area (Å²) >= 11 is 0. The molecule has 5 rings (SSSR count). The molecule has 1 aliphatic rings. The maximum absolute atomic E-state index is 13.1. The van der Waals surface area contributed by atoms with Gasteiger partial charge in [-0.3, -0.25) is 4.90 Å². The van der Waals surface area contributed by atoms with Crippen LogP contribution >= 0.6 is 0 Å². The summed E-state index contributed by atoms with van der Waals surface area (Å²) in [6.07, 6.45) is 0. The molecule has 0 spiro atoms. The fourth-order valence-corrected chi connectivity index (χ4v) is 6.71. The second-order valence-corrected chi connectivity index (χ2v) is 12.3. The van der Waals surface area contributed by atoms with E-state index in [4.69, 9.17) is 8.83 Å². The number of rotatable bonds is 7. The van der Waals surface area contributed by atoms with Crippen molar-refractivity contribution in [1.29, 1.82) is 0 Å².